The van der Waals surface area contributed by atoms with Gasteiger partial charge in [0.15, 0.2) is 18.2 Å². The van der Waals surface area contributed by atoms with Crippen LogP contribution in [-0.4, -0.2) is 65.8 Å². The van der Waals surface area contributed by atoms with Gasteiger partial charge in [-0.3, -0.25) is 9.55 Å². The maximum atomic E-state index is 13.4. The van der Waals surface area contributed by atoms with E-state index in [1.54, 1.807) is 48.5 Å². The molecule has 4 aromatic heterocycles. The Morgan fingerprint density at radius 2 is 1.80 bits per heavy atom. The van der Waals surface area contributed by atoms with Gasteiger partial charge in [-0.25, -0.2) is 17.1 Å². The molecule has 0 aliphatic carbocycles. The molecule has 5 aromatic rings. The summed E-state index contributed by atoms with van der Waals surface area (Å²) in [6.45, 7) is -0.150. The second-order valence-electron chi connectivity index (χ2n) is 8.13. The van der Waals surface area contributed by atoms with E-state index in [-0.39, 0.29) is 84.0 Å². The Kier molecular flexibility index (Phi) is 14.0. The van der Waals surface area contributed by atoms with Gasteiger partial charge in [-0.15, -0.1) is 20.4 Å². The summed E-state index contributed by atoms with van der Waals surface area (Å²) >= 11 is 6.50. The molecule has 17 heteroatoms. The number of benzene rings is 1. The summed E-state index contributed by atoms with van der Waals surface area (Å²) in [7, 11) is 1.45. The van der Waals surface area contributed by atoms with Crippen molar-refractivity contribution in [1.82, 2.24) is 34.9 Å². The summed E-state index contributed by atoms with van der Waals surface area (Å²) in [5, 5.41) is 16.7. The van der Waals surface area contributed by atoms with Crippen molar-refractivity contribution < 1.29 is 63.9 Å². The maximum absolute atomic E-state index is 13.4. The zero-order valence-electron chi connectivity index (χ0n) is 23.4. The fourth-order valence-electron chi connectivity index (χ4n) is 3.65. The zero-order chi connectivity index (χ0) is 28.3. The Labute approximate surface area is 273 Å². The number of hydrogen-bond donors (Lipinski definition) is 0. The van der Waals surface area contributed by atoms with Crippen LogP contribution in [0, 0.1) is 13.5 Å². The molecule has 0 fully saturated rings. The summed E-state index contributed by atoms with van der Waals surface area (Å²) in [6, 6.07) is 15.9. The first-order valence-corrected chi connectivity index (χ1v) is 11.9. The van der Waals surface area contributed by atoms with Crippen molar-refractivity contribution in [3.63, 3.8) is 0 Å². The van der Waals surface area contributed by atoms with Gasteiger partial charge < -0.3 is 32.3 Å². The zero-order valence-corrected chi connectivity index (χ0v) is 26.0. The van der Waals surface area contributed by atoms with Crippen molar-refractivity contribution in [1.29, 1.82) is 0 Å². The van der Waals surface area contributed by atoms with Crippen LogP contribution in [0.1, 0.15) is 18.6 Å². The van der Waals surface area contributed by atoms with Crippen LogP contribution in [0.4, 0.5) is 13.2 Å². The summed E-state index contributed by atoms with van der Waals surface area (Å²) in [6.07, 6.45) is -1.74. The van der Waals surface area contributed by atoms with E-state index in [1.807, 2.05) is 0 Å². The summed E-state index contributed by atoms with van der Waals surface area (Å²) in [4.78, 5) is 8.29. The first-order valence-electron chi connectivity index (χ1n) is 11.5. The van der Waals surface area contributed by atoms with E-state index in [1.165, 1.54) is 31.0 Å². The van der Waals surface area contributed by atoms with Gasteiger partial charge in [0.1, 0.15) is 0 Å². The number of pyridine rings is 2. The first-order chi connectivity index (χ1) is 19.2. The second-order valence-corrected chi connectivity index (χ2v) is 8.54. The summed E-state index contributed by atoms with van der Waals surface area (Å²) < 4.78 is 57.8. The van der Waals surface area contributed by atoms with Gasteiger partial charge in [-0.1, -0.05) is 29.9 Å². The molecule has 4 heterocycles. The minimum Gasteiger partial charge on any atom is -0.481 e. The van der Waals surface area contributed by atoms with Crippen LogP contribution < -0.4 is 4.74 Å². The van der Waals surface area contributed by atoms with Gasteiger partial charge in [-0.2, -0.15) is 19.2 Å². The number of para-hydroxylation sites is 1. The Morgan fingerprint density at radius 1 is 1.05 bits per heavy atom. The SMILES string of the molecule is COc1cc(-c2nnc(/C(C)=C(\OCC(F)(F)F)c3nnc(-c4cc[c-]cn4)n3-c3ccccc3Cl)o2)ccn1.O.O.[CH3-].[Sc]. The minimum absolute atomic E-state index is 0. The third kappa shape index (κ3) is 8.34. The molecule has 44 heavy (non-hydrogen) atoms. The Balaban J connectivity index is 0.00000242. The number of methoxy groups -OCH3 is 1. The number of allylic oxidation sites excluding steroid dienone is 1. The van der Waals surface area contributed by atoms with Gasteiger partial charge in [0, 0.05) is 49.4 Å². The third-order valence-corrected chi connectivity index (χ3v) is 5.78. The van der Waals surface area contributed by atoms with Crippen LogP contribution in [0.5, 0.6) is 5.88 Å². The molecule has 0 saturated carbocycles. The number of rotatable bonds is 8. The van der Waals surface area contributed by atoms with Crippen LogP contribution in [-0.2, 0) is 30.6 Å². The standard InChI is InChI=1S/C26H18ClF3N7O3.CH3.2H2O.Sc/c1-15(24-35-36-25(40-24)16-10-12-32-20(13-16)38-2)21(39-14-26(28,29)30)23-34-33-22(18-8-5-6-11-31-18)37(23)19-9-4-3-7-17(19)27;;;;/h3-5,7-13H,14H2,1-2H3;1H3;2*1H2;/q2*-1;;;/b21-15-;;;;. The van der Waals surface area contributed by atoms with E-state index in [0.717, 1.165) is 0 Å². The van der Waals surface area contributed by atoms with Gasteiger partial charge in [-0.05, 0) is 25.1 Å². The van der Waals surface area contributed by atoms with Gasteiger partial charge in [0.05, 0.1) is 23.4 Å². The van der Waals surface area contributed by atoms with Crippen molar-refractivity contribution in [2.75, 3.05) is 13.7 Å². The van der Waals surface area contributed by atoms with E-state index in [9.17, 15) is 13.2 Å². The molecular weight excluding hydrogens is 640 g/mol. The topological polar surface area (TPSA) is 177 Å². The van der Waals surface area contributed by atoms with Crippen molar-refractivity contribution in [2.24, 2.45) is 0 Å². The van der Waals surface area contributed by atoms with Crippen molar-refractivity contribution >= 4 is 22.9 Å². The van der Waals surface area contributed by atoms with Crippen LogP contribution in [0.15, 0.2) is 65.3 Å². The van der Waals surface area contributed by atoms with Gasteiger partial charge in [0.25, 0.3) is 0 Å². The molecule has 0 spiro atoms. The molecule has 4 N–H and O–H groups in total. The molecule has 0 bridgehead atoms. The Hall–Kier alpha value is -3.99. The summed E-state index contributed by atoms with van der Waals surface area (Å²) in [5.74, 6) is 0.0963. The van der Waals surface area contributed by atoms with Crippen molar-refractivity contribution in [3.8, 4) is 34.5 Å². The number of alkyl halides is 3. The first kappa shape index (κ1) is 38.0. The van der Waals surface area contributed by atoms with E-state index in [4.69, 9.17) is 25.5 Å². The molecular formula is C27H25ClF3N7O5Sc-2. The normalized spacial score (nSPS) is 11.1. The molecule has 1 radical (unpaired) electrons. The number of halogens is 4. The molecule has 0 aliphatic heterocycles. The molecule has 0 amide bonds. The van der Waals surface area contributed by atoms with Crippen LogP contribution in [0.2, 0.25) is 5.02 Å². The number of nitrogens with zero attached hydrogens (tertiary/aromatic N) is 7. The number of hydrogen-bond acceptors (Lipinski definition) is 9. The largest absolute Gasteiger partial charge is 0.481 e. The van der Waals surface area contributed by atoms with Gasteiger partial charge >= 0.3 is 6.18 Å². The molecule has 0 saturated heterocycles. The van der Waals surface area contributed by atoms with Crippen molar-refractivity contribution in [2.45, 2.75) is 13.1 Å². The number of aromatic nitrogens is 7. The molecule has 0 atom stereocenters. The number of ether oxygens (including phenoxy) is 2. The quantitative estimate of drug-likeness (QED) is 0.171. The second kappa shape index (κ2) is 16.2. The maximum Gasteiger partial charge on any atom is 0.422 e. The van der Waals surface area contributed by atoms with Crippen LogP contribution in [0.3, 0.4) is 0 Å². The van der Waals surface area contributed by atoms with E-state index < -0.39 is 12.8 Å². The molecule has 1 aromatic carbocycles. The average Bonchev–Trinajstić information content (AvgIpc) is 3.62. The van der Waals surface area contributed by atoms with E-state index in [0.29, 0.717) is 22.8 Å². The predicted molar refractivity (Wildman–Crippen MR) is 151 cm³/mol. The fourth-order valence-corrected chi connectivity index (χ4v) is 3.87. The minimum atomic E-state index is -4.66. The average molecular weight is 665 g/mol. The van der Waals surface area contributed by atoms with Crippen LogP contribution >= 0.6 is 11.6 Å². The van der Waals surface area contributed by atoms with Crippen molar-refractivity contribution in [3.05, 3.63) is 91.2 Å². The molecule has 12 nitrogen and oxygen atoms in total. The monoisotopic (exact) mass is 664 g/mol. The van der Waals surface area contributed by atoms with Gasteiger partial charge in [0.2, 0.25) is 23.5 Å². The molecule has 0 unspecified atom stereocenters. The Bertz CT molecular complexity index is 1680. The molecule has 5 rings (SSSR count). The van der Waals surface area contributed by atoms with E-state index in [2.05, 4.69) is 36.4 Å². The smallest absolute Gasteiger partial charge is 0.422 e. The molecule has 231 valence electrons. The van der Waals surface area contributed by atoms with E-state index >= 15 is 0 Å². The fraction of sp³-hybridized carbons (Fsp3) is 0.148. The van der Waals surface area contributed by atoms with Crippen LogP contribution in [0.25, 0.3) is 40.0 Å². The predicted octanol–water partition coefficient (Wildman–Crippen LogP) is 4.50. The summed E-state index contributed by atoms with van der Waals surface area (Å²) in [5.41, 5.74) is 1.32. The third-order valence-electron chi connectivity index (χ3n) is 5.46. The molecule has 0 aliphatic rings. The Morgan fingerprint density at radius 3 is 2.45 bits per heavy atom.